The van der Waals surface area contributed by atoms with Gasteiger partial charge in [0.2, 0.25) is 0 Å². The Balaban J connectivity index is 2.79. The van der Waals surface area contributed by atoms with Gasteiger partial charge in [-0.15, -0.1) is 4.89 Å². The minimum absolute atomic E-state index is 0.000602. The Kier molecular flexibility index (Phi) is 2.41. The van der Waals surface area contributed by atoms with Gasteiger partial charge in [-0.1, -0.05) is 6.07 Å². The fourth-order valence-corrected chi connectivity index (χ4v) is 0.924. The van der Waals surface area contributed by atoms with E-state index in [4.69, 9.17) is 10.00 Å². The van der Waals surface area contributed by atoms with Crippen molar-refractivity contribution in [2.75, 3.05) is 0 Å². The molecule has 0 aliphatic heterocycles. The highest BCUT2D eigenvalue weighted by Gasteiger charge is 2.13. The summed E-state index contributed by atoms with van der Waals surface area (Å²) in [5.41, 5.74) is 0. The van der Waals surface area contributed by atoms with Gasteiger partial charge in [0.15, 0.2) is 5.75 Å². The molecule has 0 saturated heterocycles. The molecule has 0 saturated carbocycles. The Morgan fingerprint density at radius 1 is 1.45 bits per heavy atom. The molecule has 1 rings (SSSR count). The summed E-state index contributed by atoms with van der Waals surface area (Å²) < 4.78 is 14.5. The lowest BCUT2D eigenvalue weighted by atomic mass is 10.3. The van der Waals surface area contributed by atoms with E-state index in [0.29, 0.717) is 0 Å². The van der Waals surface area contributed by atoms with Gasteiger partial charge >= 0.3 is 8.25 Å². The minimum atomic E-state index is -2.65. The Hall–Kier alpha value is -1.12. The SMILES string of the molecule is O=[P+](O)Oc1cccc(O)c1. The van der Waals surface area contributed by atoms with E-state index in [1.165, 1.54) is 24.3 Å². The smallest absolute Gasteiger partial charge is 0.508 e. The zero-order valence-corrected chi connectivity index (χ0v) is 6.36. The molecule has 11 heavy (non-hydrogen) atoms. The van der Waals surface area contributed by atoms with Crippen LogP contribution in [-0.4, -0.2) is 10.00 Å². The van der Waals surface area contributed by atoms with Crippen LogP contribution in [0.1, 0.15) is 0 Å². The Morgan fingerprint density at radius 3 is 2.73 bits per heavy atom. The Labute approximate surface area is 64.0 Å². The maximum absolute atomic E-state index is 10.1. The van der Waals surface area contributed by atoms with Crippen molar-refractivity contribution in [3.63, 3.8) is 0 Å². The second-order valence-corrected chi connectivity index (χ2v) is 2.48. The highest BCUT2D eigenvalue weighted by atomic mass is 31.1. The quantitative estimate of drug-likeness (QED) is 0.663. The number of hydrogen-bond donors (Lipinski definition) is 2. The maximum Gasteiger partial charge on any atom is 0.747 e. The van der Waals surface area contributed by atoms with Crippen molar-refractivity contribution in [3.05, 3.63) is 24.3 Å². The topological polar surface area (TPSA) is 66.8 Å². The van der Waals surface area contributed by atoms with Crippen LogP contribution in [-0.2, 0) is 4.57 Å². The van der Waals surface area contributed by atoms with Gasteiger partial charge in [0.05, 0.1) is 0 Å². The monoisotopic (exact) mass is 173 g/mol. The zero-order valence-electron chi connectivity index (χ0n) is 5.47. The lowest BCUT2D eigenvalue weighted by Gasteiger charge is -1.90. The van der Waals surface area contributed by atoms with E-state index in [1.54, 1.807) is 0 Å². The minimum Gasteiger partial charge on any atom is -0.508 e. The average molecular weight is 173 g/mol. The molecule has 0 aliphatic rings. The molecule has 0 aliphatic carbocycles. The van der Waals surface area contributed by atoms with E-state index < -0.39 is 8.25 Å². The van der Waals surface area contributed by atoms with Crippen LogP contribution in [0.2, 0.25) is 0 Å². The molecule has 0 fully saturated rings. The fraction of sp³-hybridized carbons (Fsp3) is 0. The number of benzene rings is 1. The molecule has 0 bridgehead atoms. The van der Waals surface area contributed by atoms with Gasteiger partial charge < -0.3 is 5.11 Å². The third-order valence-corrected chi connectivity index (χ3v) is 1.37. The maximum atomic E-state index is 10.1. The van der Waals surface area contributed by atoms with Gasteiger partial charge in [-0.3, -0.25) is 0 Å². The average Bonchev–Trinajstić information content (AvgIpc) is 1.85. The van der Waals surface area contributed by atoms with Gasteiger partial charge in [-0.25, -0.2) is 4.52 Å². The number of phenolic OH excluding ortho intramolecular Hbond substituents is 1. The van der Waals surface area contributed by atoms with Gasteiger partial charge in [0.25, 0.3) is 0 Å². The zero-order chi connectivity index (χ0) is 8.27. The largest absolute Gasteiger partial charge is 0.747 e. The molecular weight excluding hydrogens is 167 g/mol. The summed E-state index contributed by atoms with van der Waals surface area (Å²) in [4.78, 5) is 8.30. The van der Waals surface area contributed by atoms with Crippen LogP contribution in [0.25, 0.3) is 0 Å². The van der Waals surface area contributed by atoms with Gasteiger partial charge in [-0.05, 0) is 12.1 Å². The summed E-state index contributed by atoms with van der Waals surface area (Å²) >= 11 is 0. The number of rotatable bonds is 2. The van der Waals surface area contributed by atoms with Crippen LogP contribution < -0.4 is 4.52 Å². The highest BCUT2D eigenvalue weighted by molar-refractivity contribution is 7.32. The normalized spacial score (nSPS) is 10.8. The van der Waals surface area contributed by atoms with Crippen molar-refractivity contribution < 1.29 is 19.1 Å². The van der Waals surface area contributed by atoms with Gasteiger partial charge in [0, 0.05) is 10.6 Å². The van der Waals surface area contributed by atoms with Crippen LogP contribution in [0.4, 0.5) is 0 Å². The van der Waals surface area contributed by atoms with E-state index in [9.17, 15) is 4.57 Å². The van der Waals surface area contributed by atoms with E-state index in [1.807, 2.05) is 0 Å². The van der Waals surface area contributed by atoms with Crippen molar-refractivity contribution in [2.24, 2.45) is 0 Å². The van der Waals surface area contributed by atoms with Crippen LogP contribution in [0, 0.1) is 0 Å². The number of phenols is 1. The molecule has 1 aromatic carbocycles. The molecule has 0 spiro atoms. The standard InChI is InChI=1S/C6H5O4P/c7-5-2-1-3-6(4-5)10-11(8)9/h1-4H,(H-,7,8,9)/p+1. The lowest BCUT2D eigenvalue weighted by Crippen LogP contribution is -1.78. The van der Waals surface area contributed by atoms with Crippen LogP contribution in [0.5, 0.6) is 11.5 Å². The lowest BCUT2D eigenvalue weighted by molar-refractivity contribution is 0.408. The summed E-state index contributed by atoms with van der Waals surface area (Å²) in [6.07, 6.45) is 0. The molecule has 0 radical (unpaired) electrons. The summed E-state index contributed by atoms with van der Waals surface area (Å²) in [5, 5.41) is 8.87. The van der Waals surface area contributed by atoms with Gasteiger partial charge in [-0.2, -0.15) is 0 Å². The van der Waals surface area contributed by atoms with Crippen molar-refractivity contribution in [2.45, 2.75) is 0 Å². The third-order valence-electron chi connectivity index (χ3n) is 1.00. The molecule has 4 nitrogen and oxygen atoms in total. The van der Waals surface area contributed by atoms with Crippen LogP contribution in [0.3, 0.4) is 0 Å². The van der Waals surface area contributed by atoms with Gasteiger partial charge in [0.1, 0.15) is 5.75 Å². The number of hydrogen-bond acceptors (Lipinski definition) is 3. The first-order chi connectivity index (χ1) is 5.18. The molecule has 1 aromatic rings. The van der Waals surface area contributed by atoms with E-state index in [0.717, 1.165) is 0 Å². The van der Waals surface area contributed by atoms with E-state index in [-0.39, 0.29) is 11.5 Å². The highest BCUT2D eigenvalue weighted by Crippen LogP contribution is 2.25. The second-order valence-electron chi connectivity index (χ2n) is 1.83. The third kappa shape index (κ3) is 2.53. The molecule has 1 atom stereocenters. The Bertz CT molecular complexity index is 273. The molecule has 0 amide bonds. The predicted molar refractivity (Wildman–Crippen MR) is 38.6 cm³/mol. The molecule has 0 heterocycles. The first-order valence-electron chi connectivity index (χ1n) is 2.81. The molecule has 58 valence electrons. The first-order valence-corrected chi connectivity index (χ1v) is 3.94. The molecule has 5 heteroatoms. The molecule has 0 aromatic heterocycles. The molecule has 2 N–H and O–H groups in total. The molecule has 1 unspecified atom stereocenters. The number of aromatic hydroxyl groups is 1. The van der Waals surface area contributed by atoms with E-state index >= 15 is 0 Å². The Morgan fingerprint density at radius 2 is 2.18 bits per heavy atom. The van der Waals surface area contributed by atoms with Crippen LogP contribution >= 0.6 is 8.25 Å². The molecular formula is C6H6O4P+. The second kappa shape index (κ2) is 3.32. The van der Waals surface area contributed by atoms with Crippen molar-refractivity contribution in [1.82, 2.24) is 0 Å². The van der Waals surface area contributed by atoms with E-state index in [2.05, 4.69) is 4.52 Å². The summed E-state index contributed by atoms with van der Waals surface area (Å²) in [7, 11) is -2.65. The van der Waals surface area contributed by atoms with Crippen molar-refractivity contribution >= 4 is 8.25 Å². The summed E-state index contributed by atoms with van der Waals surface area (Å²) in [6.45, 7) is 0. The predicted octanol–water partition coefficient (Wildman–Crippen LogP) is 1.42. The summed E-state index contributed by atoms with van der Waals surface area (Å²) in [6, 6.07) is 5.69. The van der Waals surface area contributed by atoms with Crippen LogP contribution in [0.15, 0.2) is 24.3 Å². The van der Waals surface area contributed by atoms with Crippen molar-refractivity contribution in [1.29, 1.82) is 0 Å². The van der Waals surface area contributed by atoms with Crippen molar-refractivity contribution in [3.8, 4) is 11.5 Å². The fourth-order valence-electron chi connectivity index (χ4n) is 0.630. The first kappa shape index (κ1) is 7.98. The summed E-state index contributed by atoms with van der Waals surface area (Å²) in [5.74, 6) is 0.174.